The molecule has 0 bridgehead atoms. The summed E-state index contributed by atoms with van der Waals surface area (Å²) >= 11 is 0. The Morgan fingerprint density at radius 1 is 1.18 bits per heavy atom. The topological polar surface area (TPSA) is 60.4 Å². The van der Waals surface area contributed by atoms with Crippen molar-refractivity contribution < 1.29 is 9.53 Å². The number of hydrogen-bond donors (Lipinski definition) is 1. The predicted octanol–water partition coefficient (Wildman–Crippen LogP) is 2.63. The number of likely N-dealkylation sites (tertiary alicyclic amines) is 1. The maximum Gasteiger partial charge on any atom is 0.410 e. The van der Waals surface area contributed by atoms with E-state index in [-0.39, 0.29) is 12.1 Å². The van der Waals surface area contributed by atoms with Gasteiger partial charge in [-0.1, -0.05) is 0 Å². The van der Waals surface area contributed by atoms with E-state index in [0.29, 0.717) is 5.92 Å². The Balaban J connectivity index is 1.85. The first-order chi connectivity index (χ1) is 13.2. The smallest absolute Gasteiger partial charge is 0.410 e. The monoisotopic (exact) mass is 395 g/mol. The number of rotatable bonds is 7. The van der Waals surface area contributed by atoms with Gasteiger partial charge in [-0.3, -0.25) is 4.99 Å². The van der Waals surface area contributed by atoms with Crippen LogP contribution in [0.1, 0.15) is 52.9 Å². The summed E-state index contributed by atoms with van der Waals surface area (Å²) in [5.41, 5.74) is -0.446. The Kier molecular flexibility index (Phi) is 8.40. The van der Waals surface area contributed by atoms with Crippen LogP contribution in [0.25, 0.3) is 0 Å². The van der Waals surface area contributed by atoms with Gasteiger partial charge in [-0.25, -0.2) is 4.79 Å². The van der Waals surface area contributed by atoms with E-state index in [2.05, 4.69) is 34.2 Å². The minimum absolute atomic E-state index is 0.149. The third kappa shape index (κ3) is 7.86. The summed E-state index contributed by atoms with van der Waals surface area (Å²) in [5.74, 6) is 1.64. The second kappa shape index (κ2) is 10.3. The molecule has 7 nitrogen and oxygen atoms in total. The highest BCUT2D eigenvalue weighted by atomic mass is 16.6. The lowest BCUT2D eigenvalue weighted by Gasteiger charge is -2.40. The van der Waals surface area contributed by atoms with Crippen molar-refractivity contribution >= 4 is 12.1 Å². The van der Waals surface area contributed by atoms with E-state index in [1.54, 1.807) is 0 Å². The summed E-state index contributed by atoms with van der Waals surface area (Å²) in [5, 5.41) is 3.48. The molecule has 0 atom stereocenters. The van der Waals surface area contributed by atoms with Crippen LogP contribution in [0.15, 0.2) is 4.99 Å². The van der Waals surface area contributed by atoms with Gasteiger partial charge in [0.1, 0.15) is 5.60 Å². The highest BCUT2D eigenvalue weighted by Crippen LogP contribution is 2.32. The number of hydrogen-bond acceptors (Lipinski definition) is 4. The van der Waals surface area contributed by atoms with Crippen LogP contribution in [0.4, 0.5) is 4.79 Å². The molecular weight excluding hydrogens is 354 g/mol. The zero-order valence-corrected chi connectivity index (χ0v) is 18.8. The maximum absolute atomic E-state index is 12.8. The molecule has 1 saturated carbocycles. The zero-order chi connectivity index (χ0) is 20.7. The molecule has 1 N–H and O–H groups in total. The highest BCUT2D eigenvalue weighted by molar-refractivity contribution is 5.80. The molecule has 0 aromatic carbocycles. The molecule has 0 aromatic rings. The Labute approximate surface area is 171 Å². The molecule has 162 valence electrons. The Bertz CT molecular complexity index is 517. The van der Waals surface area contributed by atoms with E-state index in [1.165, 1.54) is 12.8 Å². The molecule has 1 saturated heterocycles. The Morgan fingerprint density at radius 2 is 1.82 bits per heavy atom. The van der Waals surface area contributed by atoms with E-state index in [1.807, 2.05) is 32.7 Å². The van der Waals surface area contributed by atoms with Crippen molar-refractivity contribution in [1.82, 2.24) is 20.0 Å². The van der Waals surface area contributed by atoms with Crippen LogP contribution in [0.2, 0.25) is 0 Å². The first kappa shape index (κ1) is 22.8. The van der Waals surface area contributed by atoms with Gasteiger partial charge in [-0.15, -0.1) is 0 Å². The number of aliphatic imine (C=N–C) groups is 1. The lowest BCUT2D eigenvalue weighted by molar-refractivity contribution is 0.00928. The van der Waals surface area contributed by atoms with Crippen molar-refractivity contribution in [2.45, 2.75) is 64.5 Å². The fourth-order valence-corrected chi connectivity index (χ4v) is 3.59. The second-order valence-electron chi connectivity index (χ2n) is 9.43. The van der Waals surface area contributed by atoms with Crippen molar-refractivity contribution in [2.24, 2.45) is 10.9 Å². The average molecular weight is 396 g/mol. The van der Waals surface area contributed by atoms with Crippen molar-refractivity contribution in [3.05, 3.63) is 0 Å². The van der Waals surface area contributed by atoms with Crippen molar-refractivity contribution in [2.75, 3.05) is 53.9 Å². The molecule has 1 aliphatic carbocycles. The number of ether oxygens (including phenoxy) is 1. The van der Waals surface area contributed by atoms with Crippen LogP contribution < -0.4 is 5.32 Å². The zero-order valence-electron chi connectivity index (χ0n) is 18.8. The molecule has 2 aliphatic rings. The van der Waals surface area contributed by atoms with Crippen molar-refractivity contribution in [3.63, 3.8) is 0 Å². The summed E-state index contributed by atoms with van der Waals surface area (Å²) in [6.07, 6.45) is 5.35. The molecule has 0 radical (unpaired) electrons. The fraction of sp³-hybridized carbons (Fsp3) is 0.905. The largest absolute Gasteiger partial charge is 0.444 e. The third-order valence-corrected chi connectivity index (χ3v) is 5.26. The molecule has 1 aliphatic heterocycles. The number of carbonyl (C=O) groups is 1. The minimum Gasteiger partial charge on any atom is -0.444 e. The third-order valence-electron chi connectivity index (χ3n) is 5.26. The van der Waals surface area contributed by atoms with Gasteiger partial charge in [0.25, 0.3) is 0 Å². The molecule has 2 rings (SSSR count). The lowest BCUT2D eigenvalue weighted by atomic mass is 10.0. The number of piperidine rings is 1. The Morgan fingerprint density at radius 3 is 2.32 bits per heavy atom. The first-order valence-electron chi connectivity index (χ1n) is 10.8. The summed E-state index contributed by atoms with van der Waals surface area (Å²) in [7, 11) is 6.04. The van der Waals surface area contributed by atoms with Crippen LogP contribution in [-0.2, 0) is 4.74 Å². The molecule has 1 amide bonds. The van der Waals surface area contributed by atoms with Gasteiger partial charge in [0.15, 0.2) is 5.96 Å². The number of nitrogens with one attached hydrogen (secondary N) is 1. The number of amides is 1. The molecule has 0 aromatic heterocycles. The van der Waals surface area contributed by atoms with Gasteiger partial charge in [0, 0.05) is 39.3 Å². The molecule has 2 fully saturated rings. The summed E-state index contributed by atoms with van der Waals surface area (Å²) in [4.78, 5) is 23.7. The van der Waals surface area contributed by atoms with Crippen molar-refractivity contribution in [3.8, 4) is 0 Å². The number of carbonyl (C=O) groups excluding carboxylic acids is 1. The average Bonchev–Trinajstić information content (AvgIpc) is 3.42. The molecule has 0 unspecified atom stereocenters. The Hall–Kier alpha value is -1.50. The van der Waals surface area contributed by atoms with Crippen molar-refractivity contribution in [1.29, 1.82) is 0 Å². The van der Waals surface area contributed by atoms with E-state index in [4.69, 9.17) is 4.74 Å². The second-order valence-corrected chi connectivity index (χ2v) is 9.43. The molecule has 28 heavy (non-hydrogen) atoms. The van der Waals surface area contributed by atoms with E-state index < -0.39 is 5.60 Å². The maximum atomic E-state index is 12.8. The number of guanidine groups is 1. The molecular formula is C21H41N5O2. The molecule has 0 spiro atoms. The van der Waals surface area contributed by atoms with Crippen LogP contribution >= 0.6 is 0 Å². The molecule has 7 heteroatoms. The van der Waals surface area contributed by atoms with E-state index in [0.717, 1.165) is 57.9 Å². The van der Waals surface area contributed by atoms with E-state index in [9.17, 15) is 4.79 Å². The fourth-order valence-electron chi connectivity index (χ4n) is 3.59. The van der Waals surface area contributed by atoms with Gasteiger partial charge in [0.2, 0.25) is 0 Å². The van der Waals surface area contributed by atoms with Crippen LogP contribution in [-0.4, -0.2) is 92.3 Å². The summed E-state index contributed by atoms with van der Waals surface area (Å²) in [6, 6.07) is 0.263. The highest BCUT2D eigenvalue weighted by Gasteiger charge is 2.35. The van der Waals surface area contributed by atoms with Gasteiger partial charge >= 0.3 is 6.09 Å². The van der Waals surface area contributed by atoms with Gasteiger partial charge in [0.05, 0.1) is 0 Å². The van der Waals surface area contributed by atoms with E-state index >= 15 is 0 Å². The standard InChI is InChI=1S/C21H41N5O2/c1-21(2,3)28-20(27)26(16-17-8-9-17)18-10-14-25(15-11-18)19(22-4)23-12-7-13-24(5)6/h17-18H,7-16H2,1-6H3,(H,22,23). The summed E-state index contributed by atoms with van der Waals surface area (Å²) in [6.45, 7) is 10.5. The number of nitrogens with zero attached hydrogens (tertiary/aromatic N) is 4. The minimum atomic E-state index is -0.446. The van der Waals surface area contributed by atoms with Crippen LogP contribution in [0.5, 0.6) is 0 Å². The normalized spacial score (nSPS) is 19.1. The van der Waals surface area contributed by atoms with Crippen LogP contribution in [0.3, 0.4) is 0 Å². The predicted molar refractivity (Wildman–Crippen MR) is 115 cm³/mol. The summed E-state index contributed by atoms with van der Waals surface area (Å²) < 4.78 is 5.70. The van der Waals surface area contributed by atoms with Crippen LogP contribution in [0, 0.1) is 5.92 Å². The van der Waals surface area contributed by atoms with Gasteiger partial charge < -0.3 is 24.8 Å². The van der Waals surface area contributed by atoms with Gasteiger partial charge in [-0.05, 0) is 79.4 Å². The first-order valence-corrected chi connectivity index (χ1v) is 10.8. The SMILES string of the molecule is CN=C(NCCCN(C)C)N1CCC(N(CC2CC2)C(=O)OC(C)(C)C)CC1. The lowest BCUT2D eigenvalue weighted by Crippen LogP contribution is -2.52. The quantitative estimate of drug-likeness (QED) is 0.408. The molecule has 1 heterocycles. The van der Waals surface area contributed by atoms with Gasteiger partial charge in [-0.2, -0.15) is 0 Å².